The zero-order valence-electron chi connectivity index (χ0n) is 10.2. The summed E-state index contributed by atoms with van der Waals surface area (Å²) in [5.41, 5.74) is 0.358. The van der Waals surface area contributed by atoms with Gasteiger partial charge in [-0.05, 0) is 19.1 Å². The van der Waals surface area contributed by atoms with Gasteiger partial charge in [-0.3, -0.25) is 4.79 Å². The van der Waals surface area contributed by atoms with E-state index >= 15 is 0 Å². The molecule has 5 nitrogen and oxygen atoms in total. The molecular formula is C12H14BrFN2O3. The molecule has 0 aromatic heterocycles. The molecule has 0 saturated carbocycles. The molecule has 0 saturated heterocycles. The zero-order chi connectivity index (χ0) is 14.4. The summed E-state index contributed by atoms with van der Waals surface area (Å²) in [6.07, 6.45) is -0.158. The third kappa shape index (κ3) is 5.25. The Morgan fingerprint density at radius 1 is 1.47 bits per heavy atom. The Bertz CT molecular complexity index is 482. The van der Waals surface area contributed by atoms with Crippen molar-refractivity contribution in [3.63, 3.8) is 0 Å². The lowest BCUT2D eigenvalue weighted by Gasteiger charge is -2.15. The Labute approximate surface area is 118 Å². The van der Waals surface area contributed by atoms with E-state index in [1.54, 1.807) is 19.1 Å². The van der Waals surface area contributed by atoms with Crippen molar-refractivity contribution in [3.8, 4) is 0 Å². The molecule has 0 fully saturated rings. The lowest BCUT2D eigenvalue weighted by Crippen LogP contribution is -2.38. The summed E-state index contributed by atoms with van der Waals surface area (Å²) in [4.78, 5) is 21.7. The first kappa shape index (κ1) is 15.4. The number of carboxylic acid groups (broad SMARTS) is 1. The summed E-state index contributed by atoms with van der Waals surface area (Å²) >= 11 is 3.15. The van der Waals surface area contributed by atoms with E-state index in [9.17, 15) is 14.0 Å². The van der Waals surface area contributed by atoms with Crippen LogP contribution in [0.2, 0.25) is 0 Å². The van der Waals surface area contributed by atoms with Crippen molar-refractivity contribution in [1.82, 2.24) is 10.6 Å². The minimum atomic E-state index is -0.993. The van der Waals surface area contributed by atoms with Crippen molar-refractivity contribution >= 4 is 27.9 Å². The van der Waals surface area contributed by atoms with Crippen LogP contribution < -0.4 is 10.6 Å². The maximum Gasteiger partial charge on any atom is 0.315 e. The smallest absolute Gasteiger partial charge is 0.315 e. The quantitative estimate of drug-likeness (QED) is 0.774. The molecule has 1 aromatic rings. The Morgan fingerprint density at radius 2 is 2.16 bits per heavy atom. The second kappa shape index (κ2) is 7.08. The van der Waals surface area contributed by atoms with Crippen LogP contribution in [0.15, 0.2) is 22.7 Å². The second-order valence-electron chi connectivity index (χ2n) is 3.93. The molecule has 0 bridgehead atoms. The minimum Gasteiger partial charge on any atom is -0.481 e. The molecule has 2 amide bonds. The molecule has 0 spiro atoms. The number of urea groups is 1. The highest BCUT2D eigenvalue weighted by molar-refractivity contribution is 9.10. The van der Waals surface area contributed by atoms with Crippen LogP contribution in [0, 0.1) is 5.82 Å². The summed E-state index contributed by atoms with van der Waals surface area (Å²) in [7, 11) is 0. The fraction of sp³-hybridized carbons (Fsp3) is 0.333. The van der Waals surface area contributed by atoms with E-state index in [0.29, 0.717) is 10.0 Å². The van der Waals surface area contributed by atoms with Crippen molar-refractivity contribution in [2.45, 2.75) is 19.4 Å². The van der Waals surface area contributed by atoms with Gasteiger partial charge in [0.05, 0.1) is 12.5 Å². The van der Waals surface area contributed by atoms with E-state index in [0.717, 1.165) is 0 Å². The zero-order valence-corrected chi connectivity index (χ0v) is 11.8. The molecule has 1 unspecified atom stereocenters. The first-order valence-electron chi connectivity index (χ1n) is 5.61. The van der Waals surface area contributed by atoms with E-state index in [1.165, 1.54) is 6.07 Å². The van der Waals surface area contributed by atoms with Crippen LogP contribution >= 0.6 is 15.9 Å². The average molecular weight is 333 g/mol. The Balaban J connectivity index is 2.52. The van der Waals surface area contributed by atoms with Gasteiger partial charge in [-0.2, -0.15) is 0 Å². The SMILES string of the molecule is CC(NC(=O)NCCC(=O)O)c1ccc(Br)cc1F. The molecule has 0 aliphatic carbocycles. The number of carbonyl (C=O) groups excluding carboxylic acids is 1. The van der Waals surface area contributed by atoms with Crippen molar-refractivity contribution in [1.29, 1.82) is 0 Å². The topological polar surface area (TPSA) is 78.4 Å². The van der Waals surface area contributed by atoms with E-state index in [4.69, 9.17) is 5.11 Å². The highest BCUT2D eigenvalue weighted by atomic mass is 79.9. The number of rotatable bonds is 5. The van der Waals surface area contributed by atoms with Gasteiger partial charge in [0.1, 0.15) is 5.82 Å². The number of hydrogen-bond donors (Lipinski definition) is 3. The van der Waals surface area contributed by atoms with Crippen LogP contribution in [0.25, 0.3) is 0 Å². The molecule has 0 heterocycles. The normalized spacial score (nSPS) is 11.7. The van der Waals surface area contributed by atoms with E-state index < -0.39 is 23.9 Å². The molecule has 0 aliphatic rings. The van der Waals surface area contributed by atoms with Gasteiger partial charge in [-0.15, -0.1) is 0 Å². The monoisotopic (exact) mass is 332 g/mol. The summed E-state index contributed by atoms with van der Waals surface area (Å²) in [6.45, 7) is 1.67. The van der Waals surface area contributed by atoms with Gasteiger partial charge in [0, 0.05) is 16.6 Å². The number of nitrogens with one attached hydrogen (secondary N) is 2. The molecule has 104 valence electrons. The fourth-order valence-electron chi connectivity index (χ4n) is 1.46. The number of carboxylic acids is 1. The van der Waals surface area contributed by atoms with Crippen LogP contribution in [-0.4, -0.2) is 23.7 Å². The molecule has 7 heteroatoms. The number of hydrogen-bond acceptors (Lipinski definition) is 2. The standard InChI is InChI=1S/C12H14BrFN2O3/c1-7(9-3-2-8(13)6-10(9)14)16-12(19)15-5-4-11(17)18/h2-3,6-7H,4-5H2,1H3,(H,17,18)(H2,15,16,19). The van der Waals surface area contributed by atoms with Gasteiger partial charge in [0.15, 0.2) is 0 Å². The molecule has 3 N–H and O–H groups in total. The molecule has 1 rings (SSSR count). The van der Waals surface area contributed by atoms with E-state index in [2.05, 4.69) is 26.6 Å². The summed E-state index contributed by atoms with van der Waals surface area (Å²) in [6, 6.07) is 3.52. The molecule has 0 aliphatic heterocycles. The highest BCUT2D eigenvalue weighted by Gasteiger charge is 2.13. The van der Waals surface area contributed by atoms with Gasteiger partial charge < -0.3 is 15.7 Å². The third-order valence-electron chi connectivity index (χ3n) is 2.40. The number of aliphatic carboxylic acids is 1. The lowest BCUT2D eigenvalue weighted by molar-refractivity contribution is -0.136. The van der Waals surface area contributed by atoms with Crippen molar-refractivity contribution in [3.05, 3.63) is 34.1 Å². The van der Waals surface area contributed by atoms with Crippen molar-refractivity contribution < 1.29 is 19.1 Å². The first-order chi connectivity index (χ1) is 8.90. The maximum atomic E-state index is 13.6. The van der Waals surface area contributed by atoms with Gasteiger partial charge >= 0.3 is 12.0 Å². The Kier molecular flexibility index (Phi) is 5.75. The summed E-state index contributed by atoms with van der Waals surface area (Å²) in [5, 5.41) is 13.3. The first-order valence-corrected chi connectivity index (χ1v) is 6.40. The maximum absolute atomic E-state index is 13.6. The predicted molar refractivity (Wildman–Crippen MR) is 71.3 cm³/mol. The highest BCUT2D eigenvalue weighted by Crippen LogP contribution is 2.20. The number of benzene rings is 1. The number of halogens is 2. The number of amides is 2. The summed E-state index contributed by atoms with van der Waals surface area (Å²) in [5.74, 6) is -1.42. The van der Waals surface area contributed by atoms with E-state index in [-0.39, 0.29) is 13.0 Å². The van der Waals surface area contributed by atoms with Gasteiger partial charge in [-0.1, -0.05) is 22.0 Å². The van der Waals surface area contributed by atoms with Crippen LogP contribution in [-0.2, 0) is 4.79 Å². The molecule has 19 heavy (non-hydrogen) atoms. The Morgan fingerprint density at radius 3 is 2.74 bits per heavy atom. The second-order valence-corrected chi connectivity index (χ2v) is 4.85. The van der Waals surface area contributed by atoms with Crippen LogP contribution in [0.1, 0.15) is 24.9 Å². The van der Waals surface area contributed by atoms with Crippen molar-refractivity contribution in [2.24, 2.45) is 0 Å². The molecule has 1 aromatic carbocycles. The van der Waals surface area contributed by atoms with Gasteiger partial charge in [0.2, 0.25) is 0 Å². The van der Waals surface area contributed by atoms with E-state index in [1.807, 2.05) is 0 Å². The van der Waals surface area contributed by atoms with Gasteiger partial charge in [-0.25, -0.2) is 9.18 Å². The van der Waals surface area contributed by atoms with Crippen LogP contribution in [0.3, 0.4) is 0 Å². The number of carbonyl (C=O) groups is 2. The summed E-state index contributed by atoms with van der Waals surface area (Å²) < 4.78 is 14.2. The van der Waals surface area contributed by atoms with Crippen LogP contribution in [0.5, 0.6) is 0 Å². The predicted octanol–water partition coefficient (Wildman–Crippen LogP) is 2.42. The van der Waals surface area contributed by atoms with Crippen molar-refractivity contribution in [2.75, 3.05) is 6.54 Å². The largest absolute Gasteiger partial charge is 0.481 e. The molecule has 1 atom stereocenters. The fourth-order valence-corrected chi connectivity index (χ4v) is 1.79. The average Bonchev–Trinajstić information content (AvgIpc) is 2.27. The molecule has 0 radical (unpaired) electrons. The molecular weight excluding hydrogens is 319 g/mol. The minimum absolute atomic E-state index is 0.0245. The Hall–Kier alpha value is -1.63. The van der Waals surface area contributed by atoms with Crippen LogP contribution in [0.4, 0.5) is 9.18 Å². The lowest BCUT2D eigenvalue weighted by atomic mass is 10.1. The van der Waals surface area contributed by atoms with Gasteiger partial charge in [0.25, 0.3) is 0 Å². The third-order valence-corrected chi connectivity index (χ3v) is 2.89.